The molecule has 4 heteroatoms. The molecule has 0 atom stereocenters. The number of hydrogen-bond acceptors (Lipinski definition) is 3. The number of benzene rings is 3. The van der Waals surface area contributed by atoms with Gasteiger partial charge in [-0.2, -0.15) is 5.10 Å². The fraction of sp³-hybridized carbons (Fsp3) is 0.120. The molecular weight excluding hydrogens is 360 g/mol. The molecule has 0 aliphatic rings. The maximum atomic E-state index is 13.1. The number of ether oxygens (including phenoxy) is 1. The van der Waals surface area contributed by atoms with E-state index in [9.17, 15) is 4.79 Å². The lowest BCUT2D eigenvalue weighted by Gasteiger charge is -2.10. The average Bonchev–Trinajstić information content (AvgIpc) is 3.16. The Morgan fingerprint density at radius 2 is 1.45 bits per heavy atom. The second kappa shape index (κ2) is 8.15. The Bertz CT molecular complexity index is 1110. The quantitative estimate of drug-likeness (QED) is 0.416. The summed E-state index contributed by atoms with van der Waals surface area (Å²) < 4.78 is 7.12. The SMILES string of the molecule is CCOC(=O)c1c(-c2ccccc2)c(-c2ccccc2)nn1-c1ccc(C)cc1. The maximum absolute atomic E-state index is 13.1. The summed E-state index contributed by atoms with van der Waals surface area (Å²) in [4.78, 5) is 13.1. The van der Waals surface area contributed by atoms with E-state index in [1.165, 1.54) is 0 Å². The first-order chi connectivity index (χ1) is 14.2. The van der Waals surface area contributed by atoms with Crippen molar-refractivity contribution >= 4 is 5.97 Å². The van der Waals surface area contributed by atoms with Crippen LogP contribution in [-0.2, 0) is 4.74 Å². The molecule has 144 valence electrons. The Hall–Kier alpha value is -3.66. The van der Waals surface area contributed by atoms with E-state index in [2.05, 4.69) is 0 Å². The van der Waals surface area contributed by atoms with Crippen LogP contribution in [0.25, 0.3) is 28.1 Å². The third-order valence-electron chi connectivity index (χ3n) is 4.74. The highest BCUT2D eigenvalue weighted by Gasteiger charge is 2.27. The molecule has 0 unspecified atom stereocenters. The van der Waals surface area contributed by atoms with Crippen LogP contribution in [0.3, 0.4) is 0 Å². The highest BCUT2D eigenvalue weighted by atomic mass is 16.5. The van der Waals surface area contributed by atoms with Crippen LogP contribution in [0.1, 0.15) is 23.0 Å². The van der Waals surface area contributed by atoms with Gasteiger partial charge in [-0.25, -0.2) is 9.48 Å². The lowest BCUT2D eigenvalue weighted by molar-refractivity contribution is 0.0516. The summed E-state index contributed by atoms with van der Waals surface area (Å²) in [6.07, 6.45) is 0. The summed E-state index contributed by atoms with van der Waals surface area (Å²) in [7, 11) is 0. The standard InChI is InChI=1S/C25H22N2O2/c1-3-29-25(28)24-22(19-10-6-4-7-11-19)23(20-12-8-5-9-13-20)26-27(24)21-16-14-18(2)15-17-21/h4-17H,3H2,1-2H3. The smallest absolute Gasteiger partial charge is 0.357 e. The van der Waals surface area contributed by atoms with Crippen molar-refractivity contribution in [3.8, 4) is 28.1 Å². The van der Waals surface area contributed by atoms with Gasteiger partial charge in [0.2, 0.25) is 0 Å². The van der Waals surface area contributed by atoms with E-state index in [0.717, 1.165) is 33.6 Å². The molecule has 0 amide bonds. The number of carbonyl (C=O) groups is 1. The van der Waals surface area contributed by atoms with E-state index in [0.29, 0.717) is 12.3 Å². The second-order valence-corrected chi connectivity index (χ2v) is 6.77. The number of aromatic nitrogens is 2. The predicted molar refractivity (Wildman–Crippen MR) is 115 cm³/mol. The fourth-order valence-electron chi connectivity index (χ4n) is 3.36. The van der Waals surface area contributed by atoms with Crippen LogP contribution in [0.5, 0.6) is 0 Å². The molecular formula is C25H22N2O2. The van der Waals surface area contributed by atoms with Gasteiger partial charge < -0.3 is 4.74 Å². The Balaban J connectivity index is 2.04. The number of rotatable bonds is 5. The number of nitrogens with zero attached hydrogens (tertiary/aromatic N) is 2. The van der Waals surface area contributed by atoms with Gasteiger partial charge in [0.15, 0.2) is 5.69 Å². The van der Waals surface area contributed by atoms with Crippen LogP contribution >= 0.6 is 0 Å². The minimum Gasteiger partial charge on any atom is -0.461 e. The Morgan fingerprint density at radius 1 is 0.862 bits per heavy atom. The first-order valence-electron chi connectivity index (χ1n) is 9.67. The van der Waals surface area contributed by atoms with Crippen molar-refractivity contribution in [3.05, 3.63) is 96.2 Å². The van der Waals surface area contributed by atoms with E-state index in [1.54, 1.807) is 4.68 Å². The molecule has 4 rings (SSSR count). The van der Waals surface area contributed by atoms with Gasteiger partial charge in [-0.05, 0) is 31.5 Å². The molecule has 0 spiro atoms. The second-order valence-electron chi connectivity index (χ2n) is 6.77. The molecule has 0 radical (unpaired) electrons. The predicted octanol–water partition coefficient (Wildman–Crippen LogP) is 5.69. The molecule has 0 saturated carbocycles. The summed E-state index contributed by atoms with van der Waals surface area (Å²) in [5.41, 5.74) is 5.79. The molecule has 0 bridgehead atoms. The van der Waals surface area contributed by atoms with Crippen molar-refractivity contribution in [1.82, 2.24) is 9.78 Å². The van der Waals surface area contributed by atoms with E-state index < -0.39 is 0 Å². The molecule has 0 aliphatic heterocycles. The van der Waals surface area contributed by atoms with Crippen LogP contribution in [0, 0.1) is 6.92 Å². The molecule has 0 aliphatic carbocycles. The highest BCUT2D eigenvalue weighted by molar-refractivity contribution is 6.00. The molecule has 4 nitrogen and oxygen atoms in total. The summed E-state index contributed by atoms with van der Waals surface area (Å²) >= 11 is 0. The van der Waals surface area contributed by atoms with E-state index >= 15 is 0 Å². The normalized spacial score (nSPS) is 10.7. The molecule has 3 aromatic carbocycles. The molecule has 0 fully saturated rings. The van der Waals surface area contributed by atoms with Crippen molar-refractivity contribution in [3.63, 3.8) is 0 Å². The van der Waals surface area contributed by atoms with Crippen molar-refractivity contribution in [2.45, 2.75) is 13.8 Å². The molecule has 0 saturated heterocycles. The Labute approximate surface area is 170 Å². The summed E-state index contributed by atoms with van der Waals surface area (Å²) in [6.45, 7) is 4.14. The number of aryl methyl sites for hydroxylation is 1. The summed E-state index contributed by atoms with van der Waals surface area (Å²) in [6, 6.07) is 27.7. The maximum Gasteiger partial charge on any atom is 0.357 e. The monoisotopic (exact) mass is 382 g/mol. The molecule has 0 N–H and O–H groups in total. The van der Waals surface area contributed by atoms with E-state index in [1.807, 2.05) is 98.8 Å². The van der Waals surface area contributed by atoms with Crippen molar-refractivity contribution < 1.29 is 9.53 Å². The lowest BCUT2D eigenvalue weighted by Crippen LogP contribution is -2.13. The first kappa shape index (κ1) is 18.7. The number of esters is 1. The van der Waals surface area contributed by atoms with Gasteiger partial charge in [0.05, 0.1) is 12.3 Å². The Kier molecular flexibility index (Phi) is 5.25. The summed E-state index contributed by atoms with van der Waals surface area (Å²) in [5, 5.41) is 4.88. The van der Waals surface area contributed by atoms with E-state index in [-0.39, 0.29) is 5.97 Å². The topological polar surface area (TPSA) is 44.1 Å². The van der Waals surface area contributed by atoms with Gasteiger partial charge in [-0.3, -0.25) is 0 Å². The average molecular weight is 382 g/mol. The van der Waals surface area contributed by atoms with Crippen LogP contribution in [0.4, 0.5) is 0 Å². The third-order valence-corrected chi connectivity index (χ3v) is 4.74. The molecule has 1 heterocycles. The minimum absolute atomic E-state index is 0.298. The zero-order valence-electron chi connectivity index (χ0n) is 16.5. The number of carbonyl (C=O) groups excluding carboxylic acids is 1. The van der Waals surface area contributed by atoms with Crippen LogP contribution in [0.2, 0.25) is 0 Å². The first-order valence-corrected chi connectivity index (χ1v) is 9.67. The number of hydrogen-bond donors (Lipinski definition) is 0. The molecule has 4 aromatic rings. The van der Waals surface area contributed by atoms with Crippen molar-refractivity contribution in [1.29, 1.82) is 0 Å². The third kappa shape index (κ3) is 3.69. The van der Waals surface area contributed by atoms with Gasteiger partial charge in [-0.15, -0.1) is 0 Å². The molecule has 29 heavy (non-hydrogen) atoms. The van der Waals surface area contributed by atoms with Gasteiger partial charge in [0.25, 0.3) is 0 Å². The van der Waals surface area contributed by atoms with Crippen LogP contribution < -0.4 is 0 Å². The largest absolute Gasteiger partial charge is 0.461 e. The van der Waals surface area contributed by atoms with Crippen molar-refractivity contribution in [2.75, 3.05) is 6.61 Å². The van der Waals surface area contributed by atoms with Gasteiger partial charge >= 0.3 is 5.97 Å². The van der Waals surface area contributed by atoms with Gasteiger partial charge in [0.1, 0.15) is 5.69 Å². The zero-order valence-corrected chi connectivity index (χ0v) is 16.5. The van der Waals surface area contributed by atoms with Crippen LogP contribution in [0.15, 0.2) is 84.9 Å². The fourth-order valence-corrected chi connectivity index (χ4v) is 3.36. The zero-order chi connectivity index (χ0) is 20.2. The highest BCUT2D eigenvalue weighted by Crippen LogP contribution is 2.36. The van der Waals surface area contributed by atoms with Gasteiger partial charge in [-0.1, -0.05) is 78.4 Å². The summed E-state index contributed by atoms with van der Waals surface area (Å²) in [5.74, 6) is -0.387. The lowest BCUT2D eigenvalue weighted by atomic mass is 9.99. The Morgan fingerprint density at radius 3 is 2.03 bits per heavy atom. The van der Waals surface area contributed by atoms with Crippen LogP contribution in [-0.4, -0.2) is 22.4 Å². The molecule has 1 aromatic heterocycles. The van der Waals surface area contributed by atoms with Crippen molar-refractivity contribution in [2.24, 2.45) is 0 Å². The minimum atomic E-state index is -0.387. The van der Waals surface area contributed by atoms with Gasteiger partial charge in [0, 0.05) is 11.1 Å². The van der Waals surface area contributed by atoms with E-state index in [4.69, 9.17) is 9.84 Å².